The van der Waals surface area contributed by atoms with Gasteiger partial charge < -0.3 is 4.74 Å². The van der Waals surface area contributed by atoms with Crippen molar-refractivity contribution in [1.82, 2.24) is 0 Å². The summed E-state index contributed by atoms with van der Waals surface area (Å²) < 4.78 is 5.42. The van der Waals surface area contributed by atoms with Crippen molar-refractivity contribution in [2.45, 2.75) is 33.1 Å². The summed E-state index contributed by atoms with van der Waals surface area (Å²) in [7, 11) is 0. The lowest BCUT2D eigenvalue weighted by Gasteiger charge is -2.16. The Labute approximate surface area is 92.0 Å². The molecule has 0 aromatic rings. The maximum absolute atomic E-state index is 11.2. The lowest BCUT2D eigenvalue weighted by atomic mass is 9.96. The minimum atomic E-state index is 0.207. The third-order valence-electron chi connectivity index (χ3n) is 2.62. The number of Topliss-reactive ketones (excluding diaryl/α,β-unsaturated/α-hetero) is 1. The molecule has 0 N–H and O–H groups in total. The zero-order valence-electron chi connectivity index (χ0n) is 9.66. The lowest BCUT2D eigenvalue weighted by molar-refractivity contribution is -0.123. The van der Waals surface area contributed by atoms with E-state index in [0.29, 0.717) is 18.9 Å². The molecular formula is C13H20O2. The highest BCUT2D eigenvalue weighted by Crippen LogP contribution is 2.18. The molecule has 0 heterocycles. The number of ether oxygens (including phenoxy) is 1. The highest BCUT2D eigenvalue weighted by molar-refractivity contribution is 5.79. The van der Waals surface area contributed by atoms with E-state index in [1.54, 1.807) is 0 Å². The first-order valence-electron chi connectivity index (χ1n) is 5.66. The number of ketones is 1. The van der Waals surface area contributed by atoms with Crippen LogP contribution in [0.25, 0.3) is 0 Å². The van der Waals surface area contributed by atoms with Gasteiger partial charge in [-0.1, -0.05) is 30.7 Å². The van der Waals surface area contributed by atoms with Crippen LogP contribution in [-0.4, -0.2) is 19.0 Å². The van der Waals surface area contributed by atoms with E-state index in [4.69, 9.17) is 4.74 Å². The van der Waals surface area contributed by atoms with Crippen molar-refractivity contribution in [3.8, 4) is 0 Å². The number of carbonyl (C=O) groups excluding carboxylic acids is 1. The van der Waals surface area contributed by atoms with E-state index in [0.717, 1.165) is 12.8 Å². The Hall–Kier alpha value is -0.890. The van der Waals surface area contributed by atoms with E-state index < -0.39 is 0 Å². The number of allylic oxidation sites excluding steroid dienone is 2. The van der Waals surface area contributed by atoms with E-state index in [9.17, 15) is 4.79 Å². The van der Waals surface area contributed by atoms with Gasteiger partial charge in [0.05, 0.1) is 6.61 Å². The second kappa shape index (κ2) is 6.57. The summed E-state index contributed by atoms with van der Waals surface area (Å²) >= 11 is 0. The molecule has 1 aliphatic rings. The molecule has 0 spiro atoms. The molecule has 0 saturated heterocycles. The summed E-state index contributed by atoms with van der Waals surface area (Å²) in [6.45, 7) is 5.03. The van der Waals surface area contributed by atoms with Crippen LogP contribution in [0.4, 0.5) is 0 Å². The molecule has 15 heavy (non-hydrogen) atoms. The van der Waals surface area contributed by atoms with Gasteiger partial charge in [0.1, 0.15) is 6.61 Å². The monoisotopic (exact) mass is 208 g/mol. The molecule has 84 valence electrons. The van der Waals surface area contributed by atoms with Crippen molar-refractivity contribution in [3.05, 3.63) is 23.8 Å². The molecule has 0 amide bonds. The Morgan fingerprint density at radius 3 is 3.07 bits per heavy atom. The van der Waals surface area contributed by atoms with Crippen LogP contribution in [0.2, 0.25) is 0 Å². The van der Waals surface area contributed by atoms with Gasteiger partial charge in [0.15, 0.2) is 5.78 Å². The van der Waals surface area contributed by atoms with Crippen molar-refractivity contribution in [2.75, 3.05) is 13.2 Å². The molecule has 0 bridgehead atoms. The smallest absolute Gasteiger partial charge is 0.158 e. The highest BCUT2D eigenvalue weighted by atomic mass is 16.5. The molecule has 1 rings (SSSR count). The first-order chi connectivity index (χ1) is 7.24. The molecule has 2 nitrogen and oxygen atoms in total. The van der Waals surface area contributed by atoms with Crippen molar-refractivity contribution in [3.63, 3.8) is 0 Å². The molecule has 1 atom stereocenters. The Balaban J connectivity index is 2.19. The van der Waals surface area contributed by atoms with E-state index in [-0.39, 0.29) is 12.4 Å². The largest absolute Gasteiger partial charge is 0.373 e. The molecule has 0 aliphatic heterocycles. The first kappa shape index (κ1) is 12.2. The van der Waals surface area contributed by atoms with Crippen LogP contribution in [-0.2, 0) is 9.53 Å². The number of hydrogen-bond acceptors (Lipinski definition) is 2. The Kier molecular flexibility index (Phi) is 5.33. The second-order valence-electron chi connectivity index (χ2n) is 4.02. The number of hydrogen-bond donors (Lipinski definition) is 0. The number of carbonyl (C=O) groups is 1. The third-order valence-corrected chi connectivity index (χ3v) is 2.62. The van der Waals surface area contributed by atoms with Crippen LogP contribution in [0.15, 0.2) is 23.8 Å². The van der Waals surface area contributed by atoms with Gasteiger partial charge in [-0.25, -0.2) is 0 Å². The third kappa shape index (κ3) is 4.43. The van der Waals surface area contributed by atoms with Gasteiger partial charge in [-0.15, -0.1) is 0 Å². The van der Waals surface area contributed by atoms with Crippen LogP contribution < -0.4 is 0 Å². The number of rotatable bonds is 6. The van der Waals surface area contributed by atoms with Crippen LogP contribution in [0.1, 0.15) is 33.1 Å². The fourth-order valence-electron chi connectivity index (χ4n) is 1.64. The summed E-state index contributed by atoms with van der Waals surface area (Å²) in [5, 5.41) is 0. The molecule has 2 heteroatoms. The normalized spacial score (nSPS) is 20.1. The highest BCUT2D eigenvalue weighted by Gasteiger charge is 2.10. The molecule has 0 aromatic carbocycles. The predicted molar refractivity (Wildman–Crippen MR) is 61.7 cm³/mol. The second-order valence-corrected chi connectivity index (χ2v) is 4.02. The molecule has 1 unspecified atom stereocenters. The fraction of sp³-hybridized carbons (Fsp3) is 0.615. The Morgan fingerprint density at radius 2 is 2.40 bits per heavy atom. The van der Waals surface area contributed by atoms with Gasteiger partial charge in [0, 0.05) is 12.3 Å². The summed E-state index contributed by atoms with van der Waals surface area (Å²) in [6.07, 6.45) is 9.09. The van der Waals surface area contributed by atoms with Gasteiger partial charge in [-0.2, -0.15) is 0 Å². The van der Waals surface area contributed by atoms with E-state index in [1.165, 1.54) is 5.57 Å². The topological polar surface area (TPSA) is 26.3 Å². The van der Waals surface area contributed by atoms with Gasteiger partial charge in [-0.05, 0) is 19.8 Å². The average molecular weight is 208 g/mol. The molecule has 0 aromatic heterocycles. The first-order valence-corrected chi connectivity index (χ1v) is 5.66. The average Bonchev–Trinajstić information content (AvgIpc) is 2.21. The molecular weight excluding hydrogens is 188 g/mol. The minimum absolute atomic E-state index is 0.207. The standard InChI is InChI=1S/C13H20O2/c1-3-6-13(14)10-15-9-12-8-5-4-7-11(12)2/h5,7-8,12H,3-4,6,9-10H2,1-2H3. The van der Waals surface area contributed by atoms with Crippen LogP contribution in [0, 0.1) is 5.92 Å². The maximum atomic E-state index is 11.2. The van der Waals surface area contributed by atoms with Crippen molar-refractivity contribution < 1.29 is 9.53 Å². The molecule has 0 fully saturated rings. The summed E-state index contributed by atoms with van der Waals surface area (Å²) in [4.78, 5) is 11.2. The van der Waals surface area contributed by atoms with E-state index in [2.05, 4.69) is 25.2 Å². The Morgan fingerprint density at radius 1 is 1.60 bits per heavy atom. The molecule has 1 aliphatic carbocycles. The van der Waals surface area contributed by atoms with Crippen LogP contribution >= 0.6 is 0 Å². The van der Waals surface area contributed by atoms with Gasteiger partial charge in [0.25, 0.3) is 0 Å². The predicted octanol–water partition coefficient (Wildman–Crippen LogP) is 2.89. The van der Waals surface area contributed by atoms with Crippen LogP contribution in [0.3, 0.4) is 0 Å². The van der Waals surface area contributed by atoms with Crippen LogP contribution in [0.5, 0.6) is 0 Å². The van der Waals surface area contributed by atoms with Gasteiger partial charge >= 0.3 is 0 Å². The zero-order valence-corrected chi connectivity index (χ0v) is 9.66. The van der Waals surface area contributed by atoms with Crippen molar-refractivity contribution in [1.29, 1.82) is 0 Å². The quantitative estimate of drug-likeness (QED) is 0.627. The summed E-state index contributed by atoms with van der Waals surface area (Å²) in [5.41, 5.74) is 1.35. The van der Waals surface area contributed by atoms with Crippen molar-refractivity contribution >= 4 is 5.78 Å². The minimum Gasteiger partial charge on any atom is -0.373 e. The summed E-state index contributed by atoms with van der Waals surface area (Å²) in [6, 6.07) is 0. The lowest BCUT2D eigenvalue weighted by Crippen LogP contribution is -2.15. The van der Waals surface area contributed by atoms with Crippen molar-refractivity contribution in [2.24, 2.45) is 5.92 Å². The maximum Gasteiger partial charge on any atom is 0.158 e. The van der Waals surface area contributed by atoms with E-state index in [1.807, 2.05) is 6.92 Å². The molecule has 0 radical (unpaired) electrons. The van der Waals surface area contributed by atoms with Gasteiger partial charge in [-0.3, -0.25) is 4.79 Å². The SMILES string of the molecule is CCCC(=O)COCC1C=CCC=C1C. The summed E-state index contributed by atoms with van der Waals surface area (Å²) in [5.74, 6) is 0.576. The molecule has 0 saturated carbocycles. The van der Waals surface area contributed by atoms with Gasteiger partial charge in [0.2, 0.25) is 0 Å². The van der Waals surface area contributed by atoms with E-state index >= 15 is 0 Å². The Bertz CT molecular complexity index is 264. The zero-order chi connectivity index (χ0) is 11.1. The fourth-order valence-corrected chi connectivity index (χ4v) is 1.64.